The van der Waals surface area contributed by atoms with Crippen LogP contribution in [0.25, 0.3) is 0 Å². The summed E-state index contributed by atoms with van der Waals surface area (Å²) in [6, 6.07) is 4.06. The minimum absolute atomic E-state index is 0.0147. The first-order chi connectivity index (χ1) is 9.02. The van der Waals surface area contributed by atoms with Gasteiger partial charge in [-0.25, -0.2) is 4.79 Å². The summed E-state index contributed by atoms with van der Waals surface area (Å²) >= 11 is 0. The molecule has 2 aliphatic rings. The molecular weight excluding hydrogens is 242 g/mol. The predicted molar refractivity (Wildman–Crippen MR) is 72.2 cm³/mol. The summed E-state index contributed by atoms with van der Waals surface area (Å²) in [5.74, 6) is 1.29. The summed E-state index contributed by atoms with van der Waals surface area (Å²) in [5, 5.41) is 11.4. The number of aromatic nitrogens is 2. The normalized spacial score (nSPS) is 20.9. The Morgan fingerprint density at radius 3 is 2.53 bits per heavy atom. The van der Waals surface area contributed by atoms with Crippen LogP contribution in [0.4, 0.5) is 10.6 Å². The lowest BCUT2D eigenvalue weighted by Gasteiger charge is -2.50. The molecule has 0 bridgehead atoms. The summed E-state index contributed by atoms with van der Waals surface area (Å²) in [7, 11) is 1.85. The maximum Gasteiger partial charge on any atom is 0.317 e. The highest BCUT2D eigenvalue weighted by molar-refractivity contribution is 5.78. The van der Waals surface area contributed by atoms with Gasteiger partial charge in [0.25, 0.3) is 0 Å². The average molecular weight is 261 g/mol. The molecule has 1 spiro atoms. The lowest BCUT2D eigenvalue weighted by atomic mass is 9.89. The SMILES string of the molecule is CC(C)c1ccc(N2CC3(CNC(=O)N3C)C2)nn1. The van der Waals surface area contributed by atoms with Crippen LogP contribution >= 0.6 is 0 Å². The van der Waals surface area contributed by atoms with Gasteiger partial charge in [-0.1, -0.05) is 13.8 Å². The molecular formula is C13H19N5O. The monoisotopic (exact) mass is 261 g/mol. The molecule has 0 aliphatic carbocycles. The highest BCUT2D eigenvalue weighted by Gasteiger charge is 2.52. The van der Waals surface area contributed by atoms with E-state index in [-0.39, 0.29) is 11.6 Å². The van der Waals surface area contributed by atoms with Gasteiger partial charge in [-0.15, -0.1) is 5.10 Å². The Balaban J connectivity index is 1.69. The number of carbonyl (C=O) groups is 1. The molecule has 0 unspecified atom stereocenters. The topological polar surface area (TPSA) is 61.4 Å². The fraction of sp³-hybridized carbons (Fsp3) is 0.615. The molecule has 0 aromatic carbocycles. The zero-order valence-electron chi connectivity index (χ0n) is 11.6. The third-order valence-corrected chi connectivity index (χ3v) is 4.14. The second kappa shape index (κ2) is 4.08. The number of carbonyl (C=O) groups excluding carboxylic acids is 1. The lowest BCUT2D eigenvalue weighted by Crippen LogP contribution is -2.69. The van der Waals surface area contributed by atoms with Gasteiger partial charge in [-0.3, -0.25) is 0 Å². The number of hydrogen-bond donors (Lipinski definition) is 1. The molecule has 1 aromatic heterocycles. The highest BCUT2D eigenvalue weighted by atomic mass is 16.2. The Morgan fingerprint density at radius 2 is 2.05 bits per heavy atom. The standard InChI is InChI=1S/C13H19N5O/c1-9(2)10-4-5-11(16-15-10)18-7-13(8-18)6-14-12(19)17(13)3/h4-5,9H,6-8H2,1-3H3,(H,14,19). The number of hydrogen-bond acceptors (Lipinski definition) is 4. The molecule has 6 heteroatoms. The maximum atomic E-state index is 11.5. The molecule has 2 fully saturated rings. The van der Waals surface area contributed by atoms with Crippen molar-refractivity contribution < 1.29 is 4.79 Å². The van der Waals surface area contributed by atoms with Crippen LogP contribution in [0, 0.1) is 0 Å². The Kier molecular flexibility index (Phi) is 2.62. The van der Waals surface area contributed by atoms with Gasteiger partial charge in [-0.2, -0.15) is 5.10 Å². The molecule has 102 valence electrons. The van der Waals surface area contributed by atoms with Crippen LogP contribution in [-0.4, -0.2) is 53.3 Å². The maximum absolute atomic E-state index is 11.5. The molecule has 1 aromatic rings. The summed E-state index contributed by atoms with van der Waals surface area (Å²) in [6.45, 7) is 6.56. The van der Waals surface area contributed by atoms with E-state index in [1.54, 1.807) is 4.90 Å². The largest absolute Gasteiger partial charge is 0.350 e. The molecule has 2 amide bonds. The molecule has 1 N–H and O–H groups in total. The van der Waals surface area contributed by atoms with Crippen LogP contribution in [0.1, 0.15) is 25.5 Å². The van der Waals surface area contributed by atoms with Crippen LogP contribution in [0.5, 0.6) is 0 Å². The smallest absolute Gasteiger partial charge is 0.317 e. The third-order valence-electron chi connectivity index (χ3n) is 4.14. The first kappa shape index (κ1) is 12.2. The number of nitrogens with zero attached hydrogens (tertiary/aromatic N) is 4. The van der Waals surface area contributed by atoms with Gasteiger partial charge >= 0.3 is 6.03 Å². The van der Waals surface area contributed by atoms with Gasteiger partial charge in [0.1, 0.15) is 0 Å². The molecule has 19 heavy (non-hydrogen) atoms. The van der Waals surface area contributed by atoms with Crippen LogP contribution in [0.3, 0.4) is 0 Å². The van der Waals surface area contributed by atoms with E-state index in [1.165, 1.54) is 0 Å². The number of anilines is 1. The average Bonchev–Trinajstić information content (AvgIpc) is 2.65. The molecule has 3 heterocycles. The second-order valence-corrected chi connectivity index (χ2v) is 5.77. The number of nitrogens with one attached hydrogen (secondary N) is 1. The van der Waals surface area contributed by atoms with Crippen molar-refractivity contribution in [3.63, 3.8) is 0 Å². The minimum Gasteiger partial charge on any atom is -0.350 e. The van der Waals surface area contributed by atoms with Gasteiger partial charge < -0.3 is 15.1 Å². The number of amides is 2. The second-order valence-electron chi connectivity index (χ2n) is 5.77. The molecule has 0 radical (unpaired) electrons. The number of likely N-dealkylation sites (N-methyl/N-ethyl adjacent to an activating group) is 1. The van der Waals surface area contributed by atoms with E-state index >= 15 is 0 Å². The molecule has 0 atom stereocenters. The van der Waals surface area contributed by atoms with E-state index in [0.29, 0.717) is 5.92 Å². The molecule has 3 rings (SSSR count). The van der Waals surface area contributed by atoms with Gasteiger partial charge in [-0.05, 0) is 18.1 Å². The van der Waals surface area contributed by atoms with E-state index in [1.807, 2.05) is 19.2 Å². The van der Waals surface area contributed by atoms with Crippen molar-refractivity contribution in [3.8, 4) is 0 Å². The Morgan fingerprint density at radius 1 is 1.32 bits per heavy atom. The van der Waals surface area contributed by atoms with Gasteiger partial charge in [0.05, 0.1) is 11.2 Å². The van der Waals surface area contributed by atoms with E-state index in [9.17, 15) is 4.79 Å². The van der Waals surface area contributed by atoms with Crippen molar-refractivity contribution in [3.05, 3.63) is 17.8 Å². The highest BCUT2D eigenvalue weighted by Crippen LogP contribution is 2.32. The molecule has 6 nitrogen and oxygen atoms in total. The zero-order valence-corrected chi connectivity index (χ0v) is 11.6. The van der Waals surface area contributed by atoms with E-state index in [0.717, 1.165) is 31.1 Å². The fourth-order valence-electron chi connectivity index (χ4n) is 2.66. The quantitative estimate of drug-likeness (QED) is 0.856. The molecule has 2 saturated heterocycles. The van der Waals surface area contributed by atoms with Crippen LogP contribution in [-0.2, 0) is 0 Å². The van der Waals surface area contributed by atoms with E-state index in [4.69, 9.17) is 0 Å². The molecule has 0 saturated carbocycles. The van der Waals surface area contributed by atoms with Crippen molar-refractivity contribution in [1.29, 1.82) is 0 Å². The Labute approximate surface area is 112 Å². The fourth-order valence-corrected chi connectivity index (χ4v) is 2.66. The van der Waals surface area contributed by atoms with E-state index < -0.39 is 0 Å². The van der Waals surface area contributed by atoms with Gasteiger partial charge in [0.15, 0.2) is 5.82 Å². The molecule has 2 aliphatic heterocycles. The van der Waals surface area contributed by atoms with Crippen molar-refractivity contribution in [2.24, 2.45) is 0 Å². The van der Waals surface area contributed by atoms with Gasteiger partial charge in [0.2, 0.25) is 0 Å². The first-order valence-electron chi connectivity index (χ1n) is 6.62. The number of rotatable bonds is 2. The lowest BCUT2D eigenvalue weighted by molar-refractivity contribution is 0.151. The summed E-state index contributed by atoms with van der Waals surface area (Å²) in [5.41, 5.74) is 0.948. The minimum atomic E-state index is -0.0600. The van der Waals surface area contributed by atoms with Gasteiger partial charge in [0, 0.05) is 26.7 Å². The zero-order chi connectivity index (χ0) is 13.6. The third kappa shape index (κ3) is 1.82. The number of urea groups is 1. The van der Waals surface area contributed by atoms with Crippen LogP contribution in [0.15, 0.2) is 12.1 Å². The summed E-state index contributed by atoms with van der Waals surface area (Å²) in [6.07, 6.45) is 0. The summed E-state index contributed by atoms with van der Waals surface area (Å²) in [4.78, 5) is 15.5. The first-order valence-corrected chi connectivity index (χ1v) is 6.62. The predicted octanol–water partition coefficient (Wildman–Crippen LogP) is 0.814. The van der Waals surface area contributed by atoms with Crippen LogP contribution < -0.4 is 10.2 Å². The van der Waals surface area contributed by atoms with Crippen LogP contribution in [0.2, 0.25) is 0 Å². The van der Waals surface area contributed by atoms with E-state index in [2.05, 4.69) is 34.3 Å². The summed E-state index contributed by atoms with van der Waals surface area (Å²) < 4.78 is 0. The Bertz CT molecular complexity index is 492. The Hall–Kier alpha value is -1.85. The van der Waals surface area contributed by atoms with Crippen molar-refractivity contribution in [1.82, 2.24) is 20.4 Å². The van der Waals surface area contributed by atoms with Crippen molar-refractivity contribution in [2.75, 3.05) is 31.6 Å². The van der Waals surface area contributed by atoms with Crippen molar-refractivity contribution in [2.45, 2.75) is 25.3 Å². The van der Waals surface area contributed by atoms with Crippen molar-refractivity contribution >= 4 is 11.8 Å².